The average Bonchev–Trinajstić information content (AvgIpc) is 2.39. The second-order valence-corrected chi connectivity index (χ2v) is 6.24. The zero-order chi connectivity index (χ0) is 14.3. The summed E-state index contributed by atoms with van der Waals surface area (Å²) < 4.78 is 0. The van der Waals surface area contributed by atoms with E-state index in [-0.39, 0.29) is 0 Å². The molecule has 1 aromatic carbocycles. The summed E-state index contributed by atoms with van der Waals surface area (Å²) >= 11 is 0. The Morgan fingerprint density at radius 3 is 2.53 bits per heavy atom. The Kier molecular flexibility index (Phi) is 6.36. The van der Waals surface area contributed by atoms with Crippen LogP contribution < -0.4 is 10.6 Å². The molecular weight excluding hydrogens is 232 g/mol. The molecule has 0 amide bonds. The van der Waals surface area contributed by atoms with Gasteiger partial charge in [0, 0.05) is 18.8 Å². The first-order chi connectivity index (χ1) is 8.98. The fourth-order valence-electron chi connectivity index (χ4n) is 2.30. The third kappa shape index (κ3) is 5.65. The van der Waals surface area contributed by atoms with Crippen molar-refractivity contribution in [1.29, 1.82) is 0 Å². The molecule has 0 aliphatic rings. The van der Waals surface area contributed by atoms with E-state index in [4.69, 9.17) is 5.73 Å². The summed E-state index contributed by atoms with van der Waals surface area (Å²) in [5.74, 6) is 0. The summed E-state index contributed by atoms with van der Waals surface area (Å²) in [6.07, 6.45) is 3.71. The Bertz CT molecular complexity index is 371. The summed E-state index contributed by atoms with van der Waals surface area (Å²) in [5.41, 5.74) is 8.75. The highest BCUT2D eigenvalue weighted by Crippen LogP contribution is 2.22. The molecule has 0 heterocycles. The van der Waals surface area contributed by atoms with Gasteiger partial charge in [0.1, 0.15) is 0 Å². The second kappa shape index (κ2) is 7.54. The molecule has 0 bridgehead atoms. The minimum atomic E-state index is 0.292. The topological polar surface area (TPSA) is 29.3 Å². The molecule has 0 unspecified atom stereocenters. The van der Waals surface area contributed by atoms with Crippen LogP contribution in [0.4, 0.5) is 5.69 Å². The third-order valence-electron chi connectivity index (χ3n) is 3.83. The smallest absolute Gasteiger partial charge is 0.0368 e. The highest BCUT2D eigenvalue weighted by atomic mass is 15.1. The maximum atomic E-state index is 5.77. The van der Waals surface area contributed by atoms with Crippen molar-refractivity contribution in [3.05, 3.63) is 29.8 Å². The fourth-order valence-corrected chi connectivity index (χ4v) is 2.30. The molecule has 2 nitrogen and oxygen atoms in total. The Balaban J connectivity index is 2.42. The van der Waals surface area contributed by atoms with Crippen LogP contribution in [0.2, 0.25) is 0 Å². The summed E-state index contributed by atoms with van der Waals surface area (Å²) in [6, 6.07) is 8.78. The predicted molar refractivity (Wildman–Crippen MR) is 85.8 cm³/mol. The molecule has 108 valence electrons. The number of hydrogen-bond donors (Lipinski definition) is 1. The number of anilines is 1. The van der Waals surface area contributed by atoms with E-state index in [1.165, 1.54) is 30.5 Å². The number of aryl methyl sites for hydroxylation is 1. The Morgan fingerprint density at radius 1 is 1.21 bits per heavy atom. The molecule has 1 rings (SSSR count). The first-order valence-electron chi connectivity index (χ1n) is 7.50. The van der Waals surface area contributed by atoms with Crippen molar-refractivity contribution in [3.8, 4) is 0 Å². The maximum Gasteiger partial charge on any atom is 0.0368 e. The van der Waals surface area contributed by atoms with Crippen LogP contribution in [0, 0.1) is 12.3 Å². The number of nitrogens with zero attached hydrogens (tertiary/aromatic N) is 1. The molecule has 0 aliphatic carbocycles. The van der Waals surface area contributed by atoms with Gasteiger partial charge in [-0.3, -0.25) is 0 Å². The minimum Gasteiger partial charge on any atom is -0.372 e. The second-order valence-electron chi connectivity index (χ2n) is 6.24. The highest BCUT2D eigenvalue weighted by molar-refractivity contribution is 5.48. The van der Waals surface area contributed by atoms with E-state index in [0.717, 1.165) is 19.6 Å². The lowest BCUT2D eigenvalue weighted by molar-refractivity contribution is 0.333. The normalized spacial score (nSPS) is 11.6. The summed E-state index contributed by atoms with van der Waals surface area (Å²) in [7, 11) is 0. The van der Waals surface area contributed by atoms with Crippen molar-refractivity contribution >= 4 is 5.69 Å². The van der Waals surface area contributed by atoms with E-state index in [1.54, 1.807) is 0 Å². The molecule has 0 radical (unpaired) electrons. The molecule has 2 heteroatoms. The highest BCUT2D eigenvalue weighted by Gasteiger charge is 2.14. The summed E-state index contributed by atoms with van der Waals surface area (Å²) in [5, 5.41) is 0. The van der Waals surface area contributed by atoms with Crippen molar-refractivity contribution in [2.24, 2.45) is 11.1 Å². The quantitative estimate of drug-likeness (QED) is 0.718. The van der Waals surface area contributed by atoms with E-state index in [0.29, 0.717) is 5.41 Å². The van der Waals surface area contributed by atoms with Gasteiger partial charge in [0.15, 0.2) is 0 Å². The van der Waals surface area contributed by atoms with Crippen LogP contribution in [-0.2, 0) is 0 Å². The van der Waals surface area contributed by atoms with Gasteiger partial charge in [0.2, 0.25) is 0 Å². The molecule has 0 saturated heterocycles. The van der Waals surface area contributed by atoms with Crippen molar-refractivity contribution in [2.75, 3.05) is 24.5 Å². The molecule has 19 heavy (non-hydrogen) atoms. The lowest BCUT2D eigenvalue weighted by Gasteiger charge is -2.25. The average molecular weight is 262 g/mol. The van der Waals surface area contributed by atoms with Gasteiger partial charge in [0.25, 0.3) is 0 Å². The maximum absolute atomic E-state index is 5.77. The summed E-state index contributed by atoms with van der Waals surface area (Å²) in [6.45, 7) is 11.9. The van der Waals surface area contributed by atoms with E-state index >= 15 is 0 Å². The molecular formula is C17H30N2. The number of hydrogen-bond acceptors (Lipinski definition) is 2. The SMILES string of the molecule is CCN(CCCCC(C)(C)CN)c1cccc(C)c1. The van der Waals surface area contributed by atoms with Gasteiger partial charge in [-0.25, -0.2) is 0 Å². The Hall–Kier alpha value is -1.02. The number of benzene rings is 1. The molecule has 0 saturated carbocycles. The van der Waals surface area contributed by atoms with Crippen LogP contribution in [0.25, 0.3) is 0 Å². The zero-order valence-corrected chi connectivity index (χ0v) is 13.1. The molecule has 0 spiro atoms. The van der Waals surface area contributed by atoms with E-state index in [9.17, 15) is 0 Å². The standard InChI is InChI=1S/C17H30N2/c1-5-19(16-10-8-9-15(2)13-16)12-7-6-11-17(3,4)14-18/h8-10,13H,5-7,11-12,14,18H2,1-4H3. The number of rotatable bonds is 8. The van der Waals surface area contributed by atoms with Gasteiger partial charge in [-0.05, 0) is 56.3 Å². The van der Waals surface area contributed by atoms with E-state index < -0.39 is 0 Å². The van der Waals surface area contributed by atoms with Crippen LogP contribution in [0.5, 0.6) is 0 Å². The van der Waals surface area contributed by atoms with Gasteiger partial charge in [-0.1, -0.05) is 32.4 Å². The Labute approximate surface area is 119 Å². The van der Waals surface area contributed by atoms with Crippen molar-refractivity contribution in [1.82, 2.24) is 0 Å². The van der Waals surface area contributed by atoms with Crippen LogP contribution >= 0.6 is 0 Å². The first-order valence-corrected chi connectivity index (χ1v) is 7.50. The van der Waals surface area contributed by atoms with Crippen molar-refractivity contribution in [3.63, 3.8) is 0 Å². The van der Waals surface area contributed by atoms with Gasteiger partial charge in [0.05, 0.1) is 0 Å². The minimum absolute atomic E-state index is 0.292. The first kappa shape index (κ1) is 16.0. The molecule has 1 aromatic rings. The largest absolute Gasteiger partial charge is 0.372 e. The summed E-state index contributed by atoms with van der Waals surface area (Å²) in [4.78, 5) is 2.46. The molecule has 0 atom stereocenters. The van der Waals surface area contributed by atoms with Gasteiger partial charge in [-0.2, -0.15) is 0 Å². The number of unbranched alkanes of at least 4 members (excludes halogenated alkanes) is 1. The van der Waals surface area contributed by atoms with Crippen LogP contribution in [0.15, 0.2) is 24.3 Å². The Morgan fingerprint density at radius 2 is 1.95 bits per heavy atom. The molecule has 0 fully saturated rings. The lowest BCUT2D eigenvalue weighted by Crippen LogP contribution is -2.26. The molecule has 2 N–H and O–H groups in total. The molecule has 0 aromatic heterocycles. The van der Waals surface area contributed by atoms with E-state index in [2.05, 4.69) is 56.9 Å². The molecule has 0 aliphatic heterocycles. The predicted octanol–water partition coefficient (Wildman–Crippen LogP) is 3.98. The van der Waals surface area contributed by atoms with Crippen LogP contribution in [0.3, 0.4) is 0 Å². The lowest BCUT2D eigenvalue weighted by atomic mass is 9.87. The van der Waals surface area contributed by atoms with Crippen molar-refractivity contribution in [2.45, 2.75) is 47.0 Å². The third-order valence-corrected chi connectivity index (χ3v) is 3.83. The van der Waals surface area contributed by atoms with Crippen molar-refractivity contribution < 1.29 is 0 Å². The number of nitrogens with two attached hydrogens (primary N) is 1. The monoisotopic (exact) mass is 262 g/mol. The van der Waals surface area contributed by atoms with Crippen LogP contribution in [0.1, 0.15) is 45.6 Å². The van der Waals surface area contributed by atoms with Gasteiger partial charge in [-0.15, -0.1) is 0 Å². The van der Waals surface area contributed by atoms with Gasteiger partial charge >= 0.3 is 0 Å². The van der Waals surface area contributed by atoms with Gasteiger partial charge < -0.3 is 10.6 Å². The van der Waals surface area contributed by atoms with Crippen LogP contribution in [-0.4, -0.2) is 19.6 Å². The van der Waals surface area contributed by atoms with E-state index in [1.807, 2.05) is 0 Å². The fraction of sp³-hybridized carbons (Fsp3) is 0.647. The zero-order valence-electron chi connectivity index (χ0n) is 13.1.